The van der Waals surface area contributed by atoms with Gasteiger partial charge in [0.25, 0.3) is 11.8 Å². The lowest BCUT2D eigenvalue weighted by atomic mass is 10.0. The number of carbonyl (C=O) groups excluding carboxylic acids is 2. The molecular weight excluding hydrogens is 458 g/mol. The first-order valence-corrected chi connectivity index (χ1v) is 11.4. The van der Waals surface area contributed by atoms with Gasteiger partial charge in [-0.05, 0) is 54.4 Å². The van der Waals surface area contributed by atoms with E-state index in [0.717, 1.165) is 5.56 Å². The van der Waals surface area contributed by atoms with Crippen molar-refractivity contribution in [1.82, 2.24) is 4.90 Å². The number of rotatable bonds is 8. The van der Waals surface area contributed by atoms with E-state index in [1.54, 1.807) is 48.3 Å². The summed E-state index contributed by atoms with van der Waals surface area (Å²) in [6.07, 6.45) is -0.221. The Morgan fingerprint density at radius 2 is 1.56 bits per heavy atom. The molecule has 0 spiro atoms. The highest BCUT2D eigenvalue weighted by Gasteiger charge is 2.28. The Morgan fingerprint density at radius 1 is 0.971 bits per heavy atom. The molecule has 0 unspecified atom stereocenters. The highest BCUT2D eigenvalue weighted by atomic mass is 35.5. The quantitative estimate of drug-likeness (QED) is 0.380. The van der Waals surface area contributed by atoms with Gasteiger partial charge >= 0.3 is 0 Å². The molecule has 1 N–H and O–H groups in total. The number of halogens is 3. The van der Waals surface area contributed by atoms with Crippen LogP contribution in [0.4, 0.5) is 14.5 Å². The summed E-state index contributed by atoms with van der Waals surface area (Å²) in [7, 11) is 1.74. The van der Waals surface area contributed by atoms with Gasteiger partial charge in [-0.2, -0.15) is 0 Å². The molecule has 3 aromatic carbocycles. The Morgan fingerprint density at radius 3 is 2.12 bits per heavy atom. The molecule has 7 heteroatoms. The van der Waals surface area contributed by atoms with Gasteiger partial charge in [0.15, 0.2) is 0 Å². The van der Waals surface area contributed by atoms with Gasteiger partial charge in [0.1, 0.15) is 0 Å². The van der Waals surface area contributed by atoms with E-state index in [4.69, 9.17) is 11.6 Å². The van der Waals surface area contributed by atoms with Crippen molar-refractivity contribution in [2.45, 2.75) is 38.7 Å². The first-order valence-electron chi connectivity index (χ1n) is 11.0. The second kappa shape index (κ2) is 10.8. The summed E-state index contributed by atoms with van der Waals surface area (Å²) < 4.78 is 27.5. The standard InChI is InChI=1S/C27H27ClF2N2O2/c1-4-27(29,30)22-11-5-19(6-12-22)17-25(33)31-24-15-9-21(10-16-24)26(34)32(3)18(2)20-7-13-23(28)14-8-20/h5-16,18H,4,17H2,1-3H3,(H,31,33)/t18-/m0/s1. The number of hydrogen-bond acceptors (Lipinski definition) is 2. The largest absolute Gasteiger partial charge is 0.335 e. The SMILES string of the molecule is CCC(F)(F)c1ccc(CC(=O)Nc2ccc(C(=O)N(C)[C@@H](C)c3ccc(Cl)cc3)cc2)cc1. The van der Waals surface area contributed by atoms with Crippen LogP contribution in [0.5, 0.6) is 0 Å². The minimum absolute atomic E-state index is 0.0556. The van der Waals surface area contributed by atoms with Crippen LogP contribution in [0, 0.1) is 0 Å². The molecule has 0 saturated carbocycles. The molecule has 0 bridgehead atoms. The lowest BCUT2D eigenvalue weighted by Gasteiger charge is -2.25. The van der Waals surface area contributed by atoms with E-state index < -0.39 is 5.92 Å². The number of carbonyl (C=O) groups is 2. The molecule has 2 amide bonds. The van der Waals surface area contributed by atoms with Gasteiger partial charge in [-0.1, -0.05) is 54.9 Å². The lowest BCUT2D eigenvalue weighted by molar-refractivity contribution is -0.115. The van der Waals surface area contributed by atoms with Gasteiger partial charge in [0.05, 0.1) is 12.5 Å². The average molecular weight is 485 g/mol. The van der Waals surface area contributed by atoms with Crippen LogP contribution in [0.15, 0.2) is 72.8 Å². The van der Waals surface area contributed by atoms with Gasteiger partial charge in [-0.25, -0.2) is 8.78 Å². The monoisotopic (exact) mass is 484 g/mol. The second-order valence-electron chi connectivity index (χ2n) is 8.20. The summed E-state index contributed by atoms with van der Waals surface area (Å²) in [6, 6.07) is 19.6. The van der Waals surface area contributed by atoms with E-state index >= 15 is 0 Å². The first-order chi connectivity index (χ1) is 16.1. The van der Waals surface area contributed by atoms with E-state index in [9.17, 15) is 18.4 Å². The van der Waals surface area contributed by atoms with E-state index in [2.05, 4.69) is 5.32 Å². The summed E-state index contributed by atoms with van der Waals surface area (Å²) in [4.78, 5) is 26.9. The number of benzene rings is 3. The maximum absolute atomic E-state index is 13.7. The number of amides is 2. The Labute approximate surface area is 203 Å². The number of anilines is 1. The van der Waals surface area contributed by atoms with Crippen molar-refractivity contribution in [2.75, 3.05) is 12.4 Å². The molecule has 0 radical (unpaired) electrons. The van der Waals surface area contributed by atoms with Crippen molar-refractivity contribution in [2.24, 2.45) is 0 Å². The molecule has 1 atom stereocenters. The fourth-order valence-electron chi connectivity index (χ4n) is 3.50. The molecule has 0 aliphatic heterocycles. The zero-order valence-electron chi connectivity index (χ0n) is 19.3. The van der Waals surface area contributed by atoms with Gasteiger partial charge in [-0.3, -0.25) is 9.59 Å². The van der Waals surface area contributed by atoms with Crippen molar-refractivity contribution in [1.29, 1.82) is 0 Å². The maximum atomic E-state index is 13.7. The van der Waals surface area contributed by atoms with Gasteiger partial charge in [0, 0.05) is 35.3 Å². The van der Waals surface area contributed by atoms with Crippen LogP contribution in [0.25, 0.3) is 0 Å². The Bertz CT molecular complexity index is 1130. The molecule has 4 nitrogen and oxygen atoms in total. The summed E-state index contributed by atoms with van der Waals surface area (Å²) in [6.45, 7) is 3.37. The van der Waals surface area contributed by atoms with Crippen molar-refractivity contribution in [3.63, 3.8) is 0 Å². The predicted octanol–water partition coefficient (Wildman–Crippen LogP) is 6.86. The minimum Gasteiger partial charge on any atom is -0.335 e. The third kappa shape index (κ3) is 6.20. The number of alkyl halides is 2. The highest BCUT2D eigenvalue weighted by Crippen LogP contribution is 2.31. The third-order valence-electron chi connectivity index (χ3n) is 5.85. The van der Waals surface area contributed by atoms with E-state index in [-0.39, 0.29) is 36.3 Å². The summed E-state index contributed by atoms with van der Waals surface area (Å²) in [5.41, 5.74) is 2.58. The molecule has 0 fully saturated rings. The molecule has 0 heterocycles. The summed E-state index contributed by atoms with van der Waals surface area (Å²) >= 11 is 5.94. The van der Waals surface area contributed by atoms with Crippen LogP contribution in [-0.4, -0.2) is 23.8 Å². The molecule has 0 aliphatic carbocycles. The minimum atomic E-state index is -2.87. The summed E-state index contributed by atoms with van der Waals surface area (Å²) in [5, 5.41) is 3.41. The molecule has 0 aliphatic rings. The molecule has 0 aromatic heterocycles. The molecule has 0 saturated heterocycles. The van der Waals surface area contributed by atoms with Crippen LogP contribution in [0.2, 0.25) is 5.02 Å². The van der Waals surface area contributed by atoms with Gasteiger partial charge < -0.3 is 10.2 Å². The van der Waals surface area contributed by atoms with Crippen LogP contribution < -0.4 is 5.32 Å². The predicted molar refractivity (Wildman–Crippen MR) is 131 cm³/mol. The zero-order valence-corrected chi connectivity index (χ0v) is 20.1. The molecule has 178 valence electrons. The van der Waals surface area contributed by atoms with E-state index in [0.29, 0.717) is 21.8 Å². The Hall–Kier alpha value is -3.25. The molecule has 3 rings (SSSR count). The Balaban J connectivity index is 1.59. The zero-order chi connectivity index (χ0) is 24.9. The maximum Gasteiger partial charge on any atom is 0.273 e. The van der Waals surface area contributed by atoms with Crippen molar-refractivity contribution < 1.29 is 18.4 Å². The third-order valence-corrected chi connectivity index (χ3v) is 6.11. The van der Waals surface area contributed by atoms with Crippen molar-refractivity contribution >= 4 is 29.1 Å². The molecular formula is C27H27ClF2N2O2. The van der Waals surface area contributed by atoms with Crippen LogP contribution in [0.3, 0.4) is 0 Å². The van der Waals surface area contributed by atoms with Gasteiger partial charge in [-0.15, -0.1) is 0 Å². The second-order valence-corrected chi connectivity index (χ2v) is 8.64. The molecule has 3 aromatic rings. The fourth-order valence-corrected chi connectivity index (χ4v) is 3.63. The lowest BCUT2D eigenvalue weighted by Crippen LogP contribution is -2.29. The molecule has 34 heavy (non-hydrogen) atoms. The normalized spacial score (nSPS) is 12.2. The number of nitrogens with one attached hydrogen (secondary N) is 1. The average Bonchev–Trinajstić information content (AvgIpc) is 2.84. The van der Waals surface area contributed by atoms with Crippen LogP contribution in [0.1, 0.15) is 53.4 Å². The van der Waals surface area contributed by atoms with Gasteiger partial charge in [0.2, 0.25) is 5.91 Å². The number of nitrogens with zero attached hydrogens (tertiary/aromatic N) is 1. The van der Waals surface area contributed by atoms with E-state index in [1.165, 1.54) is 31.2 Å². The smallest absolute Gasteiger partial charge is 0.273 e. The Kier molecular flexibility index (Phi) is 8.05. The number of hydrogen-bond donors (Lipinski definition) is 1. The summed E-state index contributed by atoms with van der Waals surface area (Å²) in [5.74, 6) is -3.30. The first kappa shape index (κ1) is 25.4. The van der Waals surface area contributed by atoms with Crippen molar-refractivity contribution in [3.05, 3.63) is 100 Å². The van der Waals surface area contributed by atoms with E-state index in [1.807, 2.05) is 19.1 Å². The van der Waals surface area contributed by atoms with Crippen molar-refractivity contribution in [3.8, 4) is 0 Å². The highest BCUT2D eigenvalue weighted by molar-refractivity contribution is 6.30. The fraction of sp³-hybridized carbons (Fsp3) is 0.259. The topological polar surface area (TPSA) is 49.4 Å². The van der Waals surface area contributed by atoms with Crippen LogP contribution >= 0.6 is 11.6 Å². The van der Waals surface area contributed by atoms with Crippen LogP contribution in [-0.2, 0) is 17.1 Å².